The van der Waals surface area contributed by atoms with Gasteiger partial charge in [-0.3, -0.25) is 9.58 Å². The van der Waals surface area contributed by atoms with Crippen molar-refractivity contribution < 1.29 is 13.2 Å². The highest BCUT2D eigenvalue weighted by Gasteiger charge is 2.30. The number of alkyl halides is 3. The van der Waals surface area contributed by atoms with Crippen LogP contribution in [0.5, 0.6) is 0 Å². The van der Waals surface area contributed by atoms with Gasteiger partial charge in [-0.05, 0) is 32.5 Å². The first-order chi connectivity index (χ1) is 10.2. The van der Waals surface area contributed by atoms with Gasteiger partial charge in [0.25, 0.3) is 0 Å². The molecule has 3 nitrogen and oxygen atoms in total. The van der Waals surface area contributed by atoms with Crippen LogP contribution in [0, 0.1) is 13.8 Å². The number of halogens is 3. The van der Waals surface area contributed by atoms with E-state index in [0.29, 0.717) is 18.7 Å². The Balaban J connectivity index is 2.11. The van der Waals surface area contributed by atoms with Gasteiger partial charge in [0.15, 0.2) is 0 Å². The minimum Gasteiger partial charge on any atom is -0.298 e. The first kappa shape index (κ1) is 16.5. The minimum atomic E-state index is -4.30. The summed E-state index contributed by atoms with van der Waals surface area (Å²) in [6.45, 7) is 5.05. The zero-order valence-electron chi connectivity index (χ0n) is 13.2. The van der Waals surface area contributed by atoms with Gasteiger partial charge in [0.2, 0.25) is 0 Å². The molecule has 0 fully saturated rings. The summed E-state index contributed by atoms with van der Waals surface area (Å²) in [5, 5.41) is 4.36. The number of rotatable bonds is 4. The topological polar surface area (TPSA) is 21.1 Å². The lowest BCUT2D eigenvalue weighted by atomic mass is 10.1. The predicted molar refractivity (Wildman–Crippen MR) is 79.3 cm³/mol. The van der Waals surface area contributed by atoms with E-state index < -0.39 is 11.7 Å². The molecular weight excluding hydrogens is 291 g/mol. The summed E-state index contributed by atoms with van der Waals surface area (Å²) in [6.07, 6.45) is -4.30. The van der Waals surface area contributed by atoms with Crippen molar-refractivity contribution in [1.29, 1.82) is 0 Å². The minimum absolute atomic E-state index is 0.456. The Labute approximate surface area is 128 Å². The smallest absolute Gasteiger partial charge is 0.298 e. The summed E-state index contributed by atoms with van der Waals surface area (Å²) < 4.78 is 40.0. The van der Waals surface area contributed by atoms with Gasteiger partial charge in [0.05, 0.1) is 11.3 Å². The van der Waals surface area contributed by atoms with Crippen LogP contribution in [0.2, 0.25) is 0 Å². The quantitative estimate of drug-likeness (QED) is 0.859. The van der Waals surface area contributed by atoms with Gasteiger partial charge >= 0.3 is 6.18 Å². The molecule has 0 atom stereocenters. The summed E-state index contributed by atoms with van der Waals surface area (Å²) in [5.41, 5.74) is 3.20. The van der Waals surface area contributed by atoms with E-state index >= 15 is 0 Å². The third-order valence-electron chi connectivity index (χ3n) is 3.79. The van der Waals surface area contributed by atoms with Crippen molar-refractivity contribution >= 4 is 0 Å². The Morgan fingerprint density at radius 2 is 1.86 bits per heavy atom. The maximum absolute atomic E-state index is 12.7. The van der Waals surface area contributed by atoms with E-state index in [1.54, 1.807) is 6.07 Å². The molecule has 0 N–H and O–H groups in total. The molecule has 0 spiro atoms. The number of aromatic nitrogens is 2. The Kier molecular flexibility index (Phi) is 4.60. The zero-order chi connectivity index (χ0) is 16.5. The third-order valence-corrected chi connectivity index (χ3v) is 3.79. The number of aryl methyl sites for hydroxylation is 2. The van der Waals surface area contributed by atoms with Crippen molar-refractivity contribution in [2.75, 3.05) is 7.05 Å². The molecular formula is C16H20F3N3. The maximum atomic E-state index is 12.7. The molecule has 0 saturated carbocycles. The van der Waals surface area contributed by atoms with E-state index in [-0.39, 0.29) is 0 Å². The Hall–Kier alpha value is -1.82. The highest BCUT2D eigenvalue weighted by Crippen LogP contribution is 2.29. The number of hydrogen-bond donors (Lipinski definition) is 0. The Morgan fingerprint density at radius 3 is 2.41 bits per heavy atom. The predicted octanol–water partition coefficient (Wildman–Crippen LogP) is 3.69. The van der Waals surface area contributed by atoms with Gasteiger partial charge in [0, 0.05) is 31.4 Å². The molecule has 0 bridgehead atoms. The molecule has 0 amide bonds. The molecule has 6 heteroatoms. The second-order valence-electron chi connectivity index (χ2n) is 5.64. The average Bonchev–Trinajstić information content (AvgIpc) is 2.65. The molecule has 2 rings (SSSR count). The monoisotopic (exact) mass is 311 g/mol. The molecule has 0 aliphatic heterocycles. The van der Waals surface area contributed by atoms with Crippen molar-refractivity contribution in [2.24, 2.45) is 7.05 Å². The van der Waals surface area contributed by atoms with E-state index in [1.165, 1.54) is 12.1 Å². The van der Waals surface area contributed by atoms with Gasteiger partial charge in [-0.1, -0.05) is 18.2 Å². The second-order valence-corrected chi connectivity index (χ2v) is 5.64. The van der Waals surface area contributed by atoms with Gasteiger partial charge in [-0.15, -0.1) is 0 Å². The summed E-state index contributed by atoms with van der Waals surface area (Å²) in [6, 6.07) is 5.47. The van der Waals surface area contributed by atoms with Gasteiger partial charge < -0.3 is 0 Å². The van der Waals surface area contributed by atoms with Crippen molar-refractivity contribution in [3.63, 3.8) is 0 Å². The largest absolute Gasteiger partial charge is 0.416 e. The summed E-state index contributed by atoms with van der Waals surface area (Å²) in [4.78, 5) is 1.99. The fourth-order valence-corrected chi connectivity index (χ4v) is 2.53. The van der Waals surface area contributed by atoms with E-state index in [9.17, 15) is 13.2 Å². The zero-order valence-corrected chi connectivity index (χ0v) is 13.2. The average molecular weight is 311 g/mol. The van der Waals surface area contributed by atoms with E-state index in [0.717, 1.165) is 23.0 Å². The first-order valence-electron chi connectivity index (χ1n) is 7.02. The van der Waals surface area contributed by atoms with Crippen LogP contribution < -0.4 is 0 Å². The lowest BCUT2D eigenvalue weighted by molar-refractivity contribution is -0.137. The van der Waals surface area contributed by atoms with Crippen LogP contribution in [0.4, 0.5) is 13.2 Å². The fourth-order valence-electron chi connectivity index (χ4n) is 2.53. The SMILES string of the molecule is Cc1nn(C)c(C)c1CN(C)Cc1cccc(C(F)(F)F)c1. The molecule has 22 heavy (non-hydrogen) atoms. The van der Waals surface area contributed by atoms with Crippen molar-refractivity contribution in [2.45, 2.75) is 33.1 Å². The number of hydrogen-bond acceptors (Lipinski definition) is 2. The molecule has 0 aliphatic carbocycles. The highest BCUT2D eigenvalue weighted by atomic mass is 19.4. The van der Waals surface area contributed by atoms with Crippen molar-refractivity contribution in [3.05, 3.63) is 52.3 Å². The molecule has 0 radical (unpaired) electrons. The first-order valence-corrected chi connectivity index (χ1v) is 7.02. The summed E-state index contributed by atoms with van der Waals surface area (Å²) in [5.74, 6) is 0. The Bertz CT molecular complexity index is 659. The van der Waals surface area contributed by atoms with Crippen molar-refractivity contribution in [1.82, 2.24) is 14.7 Å². The third kappa shape index (κ3) is 3.68. The molecule has 0 aliphatic rings. The fraction of sp³-hybridized carbons (Fsp3) is 0.438. The van der Waals surface area contributed by atoms with E-state index in [4.69, 9.17) is 0 Å². The molecule has 1 aromatic heterocycles. The molecule has 1 aromatic carbocycles. The molecule has 120 valence electrons. The van der Waals surface area contributed by atoms with Crippen LogP contribution in [0.15, 0.2) is 24.3 Å². The lowest BCUT2D eigenvalue weighted by Crippen LogP contribution is -2.18. The second kappa shape index (κ2) is 6.12. The van der Waals surface area contributed by atoms with Crippen LogP contribution in [-0.4, -0.2) is 21.7 Å². The lowest BCUT2D eigenvalue weighted by Gasteiger charge is -2.18. The van der Waals surface area contributed by atoms with Crippen LogP contribution >= 0.6 is 0 Å². The molecule has 1 heterocycles. The van der Waals surface area contributed by atoms with Crippen LogP contribution in [0.3, 0.4) is 0 Å². The van der Waals surface area contributed by atoms with Gasteiger partial charge in [0.1, 0.15) is 0 Å². The molecule has 2 aromatic rings. The van der Waals surface area contributed by atoms with E-state index in [2.05, 4.69) is 5.10 Å². The summed E-state index contributed by atoms with van der Waals surface area (Å²) in [7, 11) is 3.78. The van der Waals surface area contributed by atoms with Crippen molar-refractivity contribution in [3.8, 4) is 0 Å². The summed E-state index contributed by atoms with van der Waals surface area (Å²) >= 11 is 0. The normalized spacial score (nSPS) is 12.2. The van der Waals surface area contributed by atoms with Gasteiger partial charge in [-0.25, -0.2) is 0 Å². The number of benzene rings is 1. The van der Waals surface area contributed by atoms with E-state index in [1.807, 2.05) is 37.5 Å². The Morgan fingerprint density at radius 1 is 1.18 bits per heavy atom. The van der Waals surface area contributed by atoms with Gasteiger partial charge in [-0.2, -0.15) is 18.3 Å². The standard InChI is InChI=1S/C16H20F3N3/c1-11-15(12(2)22(4)20-11)10-21(3)9-13-6-5-7-14(8-13)16(17,18)19/h5-8H,9-10H2,1-4H3. The molecule has 0 unspecified atom stereocenters. The maximum Gasteiger partial charge on any atom is 0.416 e. The molecule has 0 saturated heterocycles. The van der Waals surface area contributed by atoms with Crippen LogP contribution in [0.25, 0.3) is 0 Å². The highest BCUT2D eigenvalue weighted by molar-refractivity contribution is 5.27. The van der Waals surface area contributed by atoms with Crippen LogP contribution in [0.1, 0.15) is 28.1 Å². The van der Waals surface area contributed by atoms with Crippen LogP contribution in [-0.2, 0) is 26.3 Å². The number of nitrogens with zero attached hydrogens (tertiary/aromatic N) is 3.